The Kier molecular flexibility index (Phi) is 4.05. The highest BCUT2D eigenvalue weighted by atomic mass is 32.2. The predicted octanol–water partition coefficient (Wildman–Crippen LogP) is 1.31. The Morgan fingerprint density at radius 3 is 2.84 bits per heavy atom. The molecule has 1 unspecified atom stereocenters. The number of aromatic nitrogens is 2. The van der Waals surface area contributed by atoms with Gasteiger partial charge in [-0.3, -0.25) is 14.3 Å². The number of fused-ring (bicyclic) bond motifs is 1. The van der Waals surface area contributed by atoms with Gasteiger partial charge in [-0.25, -0.2) is 4.63 Å². The van der Waals surface area contributed by atoms with Crippen molar-refractivity contribution in [3.63, 3.8) is 0 Å². The third-order valence-corrected chi connectivity index (χ3v) is 3.86. The van der Waals surface area contributed by atoms with Crippen LogP contribution in [0, 0.1) is 10.1 Å². The Morgan fingerprint density at radius 2 is 2.16 bits per heavy atom. The number of nitrogens with zero attached hydrogens (tertiary/aromatic N) is 3. The summed E-state index contributed by atoms with van der Waals surface area (Å²) in [5.41, 5.74) is 0.831. The van der Waals surface area contributed by atoms with Gasteiger partial charge in [0.15, 0.2) is 5.52 Å². The van der Waals surface area contributed by atoms with Crippen molar-refractivity contribution in [3.05, 3.63) is 22.2 Å². The number of nitro benzene ring substituents is 1. The molecule has 0 spiro atoms. The molecule has 0 fully saturated rings. The molecule has 19 heavy (non-hydrogen) atoms. The zero-order chi connectivity index (χ0) is 13.8. The molecule has 0 aliphatic carbocycles. The van der Waals surface area contributed by atoms with Gasteiger partial charge in [-0.15, -0.1) is 0 Å². The fourth-order valence-electron chi connectivity index (χ4n) is 1.59. The fraction of sp³-hybridized carbons (Fsp3) is 0.400. The maximum Gasteiger partial charge on any atom is 0.300 e. The van der Waals surface area contributed by atoms with E-state index in [4.69, 9.17) is 0 Å². The SMILES string of the molecule is CCS(=O)CCNc1ccc([N+](=O)[O-])c2nonc12. The molecule has 8 nitrogen and oxygen atoms in total. The molecule has 1 aromatic carbocycles. The summed E-state index contributed by atoms with van der Waals surface area (Å²) in [6.45, 7) is 2.34. The molecule has 2 aromatic rings. The van der Waals surface area contributed by atoms with Crippen molar-refractivity contribution in [1.82, 2.24) is 10.3 Å². The lowest BCUT2D eigenvalue weighted by atomic mass is 10.2. The normalized spacial score (nSPS) is 12.5. The van der Waals surface area contributed by atoms with E-state index in [2.05, 4.69) is 20.3 Å². The lowest BCUT2D eigenvalue weighted by molar-refractivity contribution is -0.383. The van der Waals surface area contributed by atoms with Gasteiger partial charge in [0, 0.05) is 34.9 Å². The van der Waals surface area contributed by atoms with E-state index in [0.717, 1.165) is 0 Å². The standard InChI is InChI=1S/C10H12N4O4S/c1-2-19(17)6-5-11-7-3-4-8(14(15)16)10-9(7)12-18-13-10/h3-4,11H,2,5-6H2,1H3. The molecule has 1 heterocycles. The topological polar surface area (TPSA) is 111 Å². The molecule has 0 radical (unpaired) electrons. The van der Waals surface area contributed by atoms with Crippen molar-refractivity contribution in [2.24, 2.45) is 0 Å². The second kappa shape index (κ2) is 5.74. The van der Waals surface area contributed by atoms with Gasteiger partial charge in [-0.05, 0) is 16.4 Å². The summed E-state index contributed by atoms with van der Waals surface area (Å²) in [6, 6.07) is 2.88. The highest BCUT2D eigenvalue weighted by Crippen LogP contribution is 2.28. The summed E-state index contributed by atoms with van der Waals surface area (Å²) in [5, 5.41) is 21.0. The van der Waals surface area contributed by atoms with E-state index in [1.165, 1.54) is 6.07 Å². The van der Waals surface area contributed by atoms with Crippen molar-refractivity contribution >= 4 is 33.2 Å². The van der Waals surface area contributed by atoms with Crippen LogP contribution < -0.4 is 5.32 Å². The Labute approximate surface area is 110 Å². The van der Waals surface area contributed by atoms with Crippen molar-refractivity contribution in [1.29, 1.82) is 0 Å². The minimum absolute atomic E-state index is 0.103. The minimum Gasteiger partial charge on any atom is -0.382 e. The van der Waals surface area contributed by atoms with E-state index in [9.17, 15) is 14.3 Å². The molecule has 0 saturated carbocycles. The molecular weight excluding hydrogens is 272 g/mol. The van der Waals surface area contributed by atoms with Crippen molar-refractivity contribution in [2.45, 2.75) is 6.92 Å². The first kappa shape index (κ1) is 13.4. The lowest BCUT2D eigenvalue weighted by Crippen LogP contribution is -2.12. The highest BCUT2D eigenvalue weighted by molar-refractivity contribution is 7.84. The van der Waals surface area contributed by atoms with Crippen LogP contribution in [0.5, 0.6) is 0 Å². The van der Waals surface area contributed by atoms with E-state index in [-0.39, 0.29) is 11.2 Å². The predicted molar refractivity (Wildman–Crippen MR) is 70.5 cm³/mol. The first-order valence-corrected chi connectivity index (χ1v) is 7.10. The number of rotatable bonds is 6. The monoisotopic (exact) mass is 284 g/mol. The van der Waals surface area contributed by atoms with Gasteiger partial charge in [-0.2, -0.15) is 0 Å². The van der Waals surface area contributed by atoms with Gasteiger partial charge in [0.05, 0.1) is 10.6 Å². The molecule has 0 amide bonds. The molecule has 0 aliphatic rings. The fourth-order valence-corrected chi connectivity index (χ4v) is 2.21. The van der Waals surface area contributed by atoms with Crippen molar-refractivity contribution in [3.8, 4) is 0 Å². The molecule has 102 valence electrons. The summed E-state index contributed by atoms with van der Waals surface area (Å²) in [6.07, 6.45) is 0. The molecule has 1 aromatic heterocycles. The Morgan fingerprint density at radius 1 is 1.42 bits per heavy atom. The van der Waals surface area contributed by atoms with Crippen LogP contribution in [0.4, 0.5) is 11.4 Å². The van der Waals surface area contributed by atoms with Crippen LogP contribution in [0.25, 0.3) is 11.0 Å². The number of benzene rings is 1. The number of nitro groups is 1. The molecule has 0 bridgehead atoms. The van der Waals surface area contributed by atoms with Crippen LogP contribution in [0.15, 0.2) is 16.8 Å². The summed E-state index contributed by atoms with van der Waals surface area (Å²) in [5.74, 6) is 1.10. The quantitative estimate of drug-likeness (QED) is 0.628. The van der Waals surface area contributed by atoms with Gasteiger partial charge >= 0.3 is 5.69 Å². The number of hydrogen-bond donors (Lipinski definition) is 1. The summed E-state index contributed by atoms with van der Waals surface area (Å²) >= 11 is 0. The van der Waals surface area contributed by atoms with Gasteiger partial charge in [0.25, 0.3) is 0 Å². The Bertz CT molecular complexity index is 627. The molecule has 0 aliphatic heterocycles. The van der Waals surface area contributed by atoms with Crippen molar-refractivity contribution in [2.75, 3.05) is 23.4 Å². The molecule has 1 N–H and O–H groups in total. The Balaban J connectivity index is 2.21. The minimum atomic E-state index is -0.867. The summed E-state index contributed by atoms with van der Waals surface area (Å²) in [7, 11) is -0.867. The first-order valence-electron chi connectivity index (χ1n) is 5.62. The molecular formula is C10H12N4O4S. The van der Waals surface area contributed by atoms with E-state index in [1.807, 2.05) is 6.92 Å². The van der Waals surface area contributed by atoms with E-state index in [0.29, 0.717) is 29.3 Å². The number of non-ortho nitro benzene ring substituents is 1. The summed E-state index contributed by atoms with van der Waals surface area (Å²) in [4.78, 5) is 10.3. The van der Waals surface area contributed by atoms with Crippen LogP contribution in [-0.4, -0.2) is 37.5 Å². The summed E-state index contributed by atoms with van der Waals surface area (Å²) < 4.78 is 15.8. The molecule has 1 atom stereocenters. The average molecular weight is 284 g/mol. The van der Waals surface area contributed by atoms with Gasteiger partial charge in [0.1, 0.15) is 0 Å². The largest absolute Gasteiger partial charge is 0.382 e. The van der Waals surface area contributed by atoms with E-state index in [1.54, 1.807) is 6.07 Å². The third kappa shape index (κ3) is 2.87. The first-order chi connectivity index (χ1) is 9.13. The van der Waals surface area contributed by atoms with Crippen molar-refractivity contribution < 1.29 is 13.8 Å². The molecule has 2 rings (SSSR count). The van der Waals surface area contributed by atoms with Crippen LogP contribution in [0.3, 0.4) is 0 Å². The zero-order valence-electron chi connectivity index (χ0n) is 10.2. The van der Waals surface area contributed by atoms with Crippen LogP contribution in [0.1, 0.15) is 6.92 Å². The van der Waals surface area contributed by atoms with Gasteiger partial charge < -0.3 is 5.32 Å². The van der Waals surface area contributed by atoms with Gasteiger partial charge in [-0.1, -0.05) is 6.92 Å². The maximum absolute atomic E-state index is 11.3. The number of nitrogens with one attached hydrogen (secondary N) is 1. The van der Waals surface area contributed by atoms with Crippen LogP contribution in [-0.2, 0) is 10.8 Å². The highest BCUT2D eigenvalue weighted by Gasteiger charge is 2.19. The smallest absolute Gasteiger partial charge is 0.300 e. The van der Waals surface area contributed by atoms with Crippen LogP contribution >= 0.6 is 0 Å². The molecule has 9 heteroatoms. The average Bonchev–Trinajstić information content (AvgIpc) is 2.87. The Hall–Kier alpha value is -2.03. The van der Waals surface area contributed by atoms with E-state index < -0.39 is 15.7 Å². The number of hydrogen-bond acceptors (Lipinski definition) is 7. The number of anilines is 1. The second-order valence-electron chi connectivity index (χ2n) is 3.71. The second-order valence-corrected chi connectivity index (χ2v) is 5.58. The van der Waals surface area contributed by atoms with Crippen LogP contribution in [0.2, 0.25) is 0 Å². The third-order valence-electron chi connectivity index (χ3n) is 2.56. The zero-order valence-corrected chi connectivity index (χ0v) is 11.0. The maximum atomic E-state index is 11.3. The lowest BCUT2D eigenvalue weighted by Gasteiger charge is -2.05. The van der Waals surface area contributed by atoms with E-state index >= 15 is 0 Å². The molecule has 0 saturated heterocycles. The van der Waals surface area contributed by atoms with Gasteiger partial charge in [0.2, 0.25) is 5.52 Å².